The number of carbonyl (C=O) groups excluding carboxylic acids is 1. The van der Waals surface area contributed by atoms with E-state index in [9.17, 15) is 4.79 Å². The predicted molar refractivity (Wildman–Crippen MR) is 128 cm³/mol. The third-order valence-electron chi connectivity index (χ3n) is 4.48. The Balaban J connectivity index is 2.05. The molecule has 0 fully saturated rings. The number of nitrogens with two attached hydrogens (primary N) is 3. The number of nitrogens with one attached hydrogen (secondary N) is 1. The fourth-order valence-electron chi connectivity index (χ4n) is 2.87. The Morgan fingerprint density at radius 1 is 1.16 bits per heavy atom. The maximum atomic E-state index is 12.2. The van der Waals surface area contributed by atoms with Crippen molar-refractivity contribution in [2.75, 3.05) is 17.6 Å². The highest BCUT2D eigenvalue weighted by Crippen LogP contribution is 2.32. The molecule has 0 unspecified atom stereocenters. The van der Waals surface area contributed by atoms with Crippen molar-refractivity contribution in [1.29, 1.82) is 0 Å². The van der Waals surface area contributed by atoms with Crippen LogP contribution in [0.1, 0.15) is 39.5 Å². The number of rotatable bonds is 12. The number of hydrogen-bond acceptors (Lipinski definition) is 8. The zero-order valence-corrected chi connectivity index (χ0v) is 18.8. The summed E-state index contributed by atoms with van der Waals surface area (Å²) in [5.41, 5.74) is 18.3. The lowest BCUT2D eigenvalue weighted by Crippen LogP contribution is -2.35. The van der Waals surface area contributed by atoms with Crippen LogP contribution in [0.5, 0.6) is 5.75 Å². The molecule has 1 amide bonds. The predicted octanol–water partition coefficient (Wildman–Crippen LogP) is 4.41. The molecule has 0 radical (unpaired) electrons. The van der Waals surface area contributed by atoms with Crippen LogP contribution in [0.15, 0.2) is 59.0 Å². The number of allylic oxidation sites excluding steroid dienone is 1. The van der Waals surface area contributed by atoms with Gasteiger partial charge in [0.15, 0.2) is 11.6 Å². The minimum Gasteiger partial charge on any atom is -0.460 e. The molecule has 32 heavy (non-hydrogen) atoms. The van der Waals surface area contributed by atoms with Crippen molar-refractivity contribution in [3.63, 3.8) is 0 Å². The summed E-state index contributed by atoms with van der Waals surface area (Å²) in [5.74, 6) is 1.75. The smallest absolute Gasteiger partial charge is 0.242 e. The number of nitrogens with zero attached hydrogens (tertiary/aromatic N) is 3. The molecule has 1 atom stereocenters. The molecule has 1 heterocycles. The van der Waals surface area contributed by atoms with E-state index in [0.717, 1.165) is 19.3 Å². The fourth-order valence-corrected chi connectivity index (χ4v) is 2.87. The van der Waals surface area contributed by atoms with Gasteiger partial charge in [-0.05, 0) is 49.6 Å². The normalized spacial score (nSPS) is 12.2. The first kappa shape index (κ1) is 25.0. The summed E-state index contributed by atoms with van der Waals surface area (Å²) in [6.45, 7) is 8.72. The minimum absolute atomic E-state index is 0.130. The van der Waals surface area contributed by atoms with Crippen molar-refractivity contribution in [2.24, 2.45) is 27.6 Å². The first-order valence-electron chi connectivity index (χ1n) is 10.7. The molecular formula is C23H33N7O2. The molecule has 172 valence electrons. The highest BCUT2D eigenvalue weighted by Gasteiger charge is 2.14. The number of pyridine rings is 1. The van der Waals surface area contributed by atoms with Crippen molar-refractivity contribution in [3.05, 3.63) is 48.7 Å². The molecule has 0 saturated heterocycles. The van der Waals surface area contributed by atoms with Crippen molar-refractivity contribution in [1.82, 2.24) is 4.98 Å². The second kappa shape index (κ2) is 12.5. The number of carbonyl (C=O) groups is 1. The summed E-state index contributed by atoms with van der Waals surface area (Å²) in [5, 5.41) is 11.1. The third-order valence-corrected chi connectivity index (χ3v) is 4.48. The Bertz CT molecular complexity index is 944. The first-order valence-corrected chi connectivity index (χ1v) is 10.7. The molecule has 9 nitrogen and oxygen atoms in total. The van der Waals surface area contributed by atoms with E-state index in [1.807, 2.05) is 12.1 Å². The van der Waals surface area contributed by atoms with Gasteiger partial charge in [0.05, 0.1) is 11.8 Å². The molecule has 2 rings (SSSR count). The van der Waals surface area contributed by atoms with Crippen LogP contribution in [0.4, 0.5) is 23.0 Å². The third kappa shape index (κ3) is 8.09. The zero-order chi connectivity index (χ0) is 23.5. The van der Waals surface area contributed by atoms with E-state index in [1.165, 1.54) is 0 Å². The van der Waals surface area contributed by atoms with Crippen molar-refractivity contribution >= 4 is 28.9 Å². The highest BCUT2D eigenvalue weighted by atomic mass is 16.5. The van der Waals surface area contributed by atoms with E-state index in [2.05, 4.69) is 41.0 Å². The second-order valence-electron chi connectivity index (χ2n) is 7.89. The van der Waals surface area contributed by atoms with Gasteiger partial charge in [-0.1, -0.05) is 39.0 Å². The Kier molecular flexibility index (Phi) is 9.77. The van der Waals surface area contributed by atoms with Gasteiger partial charge in [-0.15, -0.1) is 10.2 Å². The maximum Gasteiger partial charge on any atom is 0.242 e. The summed E-state index contributed by atoms with van der Waals surface area (Å²) in [7, 11) is 0. The van der Waals surface area contributed by atoms with Gasteiger partial charge >= 0.3 is 0 Å². The van der Waals surface area contributed by atoms with Crippen LogP contribution in [0, 0.1) is 5.92 Å². The molecule has 1 aromatic carbocycles. The number of aromatic nitrogens is 1. The second-order valence-corrected chi connectivity index (χ2v) is 7.89. The summed E-state index contributed by atoms with van der Waals surface area (Å²) in [4.78, 5) is 16.4. The largest absolute Gasteiger partial charge is 0.460 e. The van der Waals surface area contributed by atoms with Gasteiger partial charge in [0.25, 0.3) is 0 Å². The van der Waals surface area contributed by atoms with E-state index < -0.39 is 6.04 Å². The highest BCUT2D eigenvalue weighted by molar-refractivity contribution is 5.94. The van der Waals surface area contributed by atoms with Crippen LogP contribution < -0.4 is 27.3 Å². The average molecular weight is 440 g/mol. The first-order chi connectivity index (χ1) is 15.3. The topological polar surface area (TPSA) is 154 Å². The minimum atomic E-state index is -0.633. The number of nitrogen functional groups attached to an aromatic ring is 1. The summed E-state index contributed by atoms with van der Waals surface area (Å²) >= 11 is 0. The van der Waals surface area contributed by atoms with E-state index >= 15 is 0 Å². The van der Waals surface area contributed by atoms with E-state index in [1.54, 1.807) is 24.3 Å². The molecule has 0 aliphatic carbocycles. The molecule has 9 heteroatoms. The number of benzene rings is 1. The van der Waals surface area contributed by atoms with E-state index in [-0.39, 0.29) is 11.7 Å². The Morgan fingerprint density at radius 3 is 2.56 bits per heavy atom. The quantitative estimate of drug-likeness (QED) is 0.218. The van der Waals surface area contributed by atoms with Gasteiger partial charge in [0.1, 0.15) is 17.2 Å². The monoisotopic (exact) mass is 439 g/mol. The maximum absolute atomic E-state index is 12.2. The van der Waals surface area contributed by atoms with Gasteiger partial charge < -0.3 is 27.3 Å². The number of unbranched alkanes of at least 4 members (excludes halogenated alkanes) is 1. The molecule has 0 spiro atoms. The summed E-state index contributed by atoms with van der Waals surface area (Å²) in [6.07, 6.45) is 2.91. The van der Waals surface area contributed by atoms with Gasteiger partial charge in [0.2, 0.25) is 5.91 Å². The van der Waals surface area contributed by atoms with Crippen LogP contribution >= 0.6 is 0 Å². The summed E-state index contributed by atoms with van der Waals surface area (Å²) < 4.78 is 5.83. The van der Waals surface area contributed by atoms with Crippen LogP contribution in [0.3, 0.4) is 0 Å². The lowest BCUT2D eigenvalue weighted by Gasteiger charge is -2.12. The number of anilines is 2. The lowest BCUT2D eigenvalue weighted by atomic mass is 10.1. The summed E-state index contributed by atoms with van der Waals surface area (Å²) in [6, 6.07) is 9.87. The van der Waals surface area contributed by atoms with E-state index in [0.29, 0.717) is 47.6 Å². The van der Waals surface area contributed by atoms with Crippen molar-refractivity contribution < 1.29 is 9.53 Å². The fraction of sp³-hybridized carbons (Fsp3) is 0.391. The average Bonchev–Trinajstić information content (AvgIpc) is 2.73. The lowest BCUT2D eigenvalue weighted by molar-refractivity contribution is -0.117. The van der Waals surface area contributed by atoms with E-state index in [4.69, 9.17) is 21.9 Å². The number of para-hydroxylation sites is 1. The number of amides is 1. The Morgan fingerprint density at radius 2 is 1.88 bits per heavy atom. The number of azo groups is 1. The standard InChI is InChI=1S/C23H33N7O2/c1-15(2)14-16(3)32-20-10-5-4-9-18(20)29-30-19-11-12-21(27-22(19)26)28-23(31)17(25)8-6-7-13-24/h4-5,9-12,15,17H,3,6-8,13-14,24-25H2,1-2H3,(H3,26,27,28,31)/b30-29+/t17-/m0/s1. The molecule has 0 saturated carbocycles. The van der Waals surface area contributed by atoms with Gasteiger partial charge in [-0.2, -0.15) is 0 Å². The van der Waals surface area contributed by atoms with Gasteiger partial charge in [-0.3, -0.25) is 4.79 Å². The Labute approximate surface area is 189 Å². The van der Waals surface area contributed by atoms with Crippen molar-refractivity contribution in [2.45, 2.75) is 45.6 Å². The molecule has 2 aromatic rings. The van der Waals surface area contributed by atoms with Crippen LogP contribution in [-0.4, -0.2) is 23.5 Å². The molecule has 1 aromatic heterocycles. The molecule has 0 aliphatic heterocycles. The van der Waals surface area contributed by atoms with Crippen molar-refractivity contribution in [3.8, 4) is 5.75 Å². The van der Waals surface area contributed by atoms with Crippen LogP contribution in [0.2, 0.25) is 0 Å². The molecule has 0 aliphatic rings. The van der Waals surface area contributed by atoms with Gasteiger partial charge in [-0.25, -0.2) is 4.98 Å². The number of ether oxygens (including phenoxy) is 1. The van der Waals surface area contributed by atoms with Gasteiger partial charge in [0, 0.05) is 6.42 Å². The number of hydrogen-bond donors (Lipinski definition) is 4. The molecular weight excluding hydrogens is 406 g/mol. The Hall–Kier alpha value is -3.30. The van der Waals surface area contributed by atoms with Crippen LogP contribution in [0.25, 0.3) is 0 Å². The zero-order valence-electron chi connectivity index (χ0n) is 18.8. The van der Waals surface area contributed by atoms with Crippen LogP contribution in [-0.2, 0) is 4.79 Å². The SMILES string of the molecule is C=C(CC(C)C)Oc1ccccc1/N=N/c1ccc(NC(=O)[C@@H](N)CCCCN)nc1N. The molecule has 7 N–H and O–H groups in total. The molecule has 0 bridgehead atoms.